The van der Waals surface area contributed by atoms with Crippen LogP contribution in [0.2, 0.25) is 0 Å². The Hall–Kier alpha value is -0.350. The molecule has 1 aliphatic heterocycles. The van der Waals surface area contributed by atoms with Crippen LogP contribution in [0.4, 0.5) is 8.78 Å². The smallest absolute Gasteiger partial charge is 0.252 e. The molecule has 2 aliphatic rings. The Morgan fingerprint density at radius 3 is 2.60 bits per heavy atom. The van der Waals surface area contributed by atoms with E-state index in [2.05, 4.69) is 4.99 Å². The van der Waals surface area contributed by atoms with Gasteiger partial charge in [0.2, 0.25) is 0 Å². The lowest BCUT2D eigenvalue weighted by Crippen LogP contribution is -2.50. The lowest BCUT2D eigenvalue weighted by atomic mass is 9.64. The van der Waals surface area contributed by atoms with Gasteiger partial charge in [-0.3, -0.25) is 4.99 Å². The first-order valence-electron chi connectivity index (χ1n) is 4.17. The molecule has 0 N–H and O–H groups in total. The highest BCUT2D eigenvalue weighted by atomic mass is 127. The van der Waals surface area contributed by atoms with E-state index in [1.54, 1.807) is 4.01 Å². The van der Waals surface area contributed by atoms with E-state index in [-0.39, 0.29) is 0 Å². The minimum Gasteiger partial charge on any atom is -0.257 e. The number of nitrogens with zero attached hydrogens (tertiary/aromatic N) is 2. The van der Waals surface area contributed by atoms with E-state index >= 15 is 0 Å². The molecular formula is C9H6ClF2IN2. The number of aliphatic imine (C=N–C) groups is 1. The molecule has 0 atom stereocenters. The maximum Gasteiger partial charge on any atom is 0.252 e. The Labute approximate surface area is 100 Å². The summed E-state index contributed by atoms with van der Waals surface area (Å²) >= 11 is 5.24. The minimum atomic E-state index is -2.71. The molecule has 0 bridgehead atoms. The highest BCUT2D eigenvalue weighted by Crippen LogP contribution is 2.52. The van der Waals surface area contributed by atoms with Crippen molar-refractivity contribution in [2.75, 3.05) is 0 Å². The molecule has 0 aromatic rings. The first kappa shape index (κ1) is 11.1. The van der Waals surface area contributed by atoms with Crippen molar-refractivity contribution < 1.29 is 8.78 Å². The van der Waals surface area contributed by atoms with Gasteiger partial charge in [-0.15, -0.1) is 0 Å². The van der Waals surface area contributed by atoms with Crippen LogP contribution in [0, 0.1) is 16.7 Å². The summed E-state index contributed by atoms with van der Waals surface area (Å²) in [5.74, 6) is -2.71. The lowest BCUT2D eigenvalue weighted by molar-refractivity contribution is -0.113. The zero-order valence-electron chi connectivity index (χ0n) is 7.48. The number of rotatable bonds is 1. The fraction of sp³-hybridized carbons (Fsp3) is 0.444. The molecule has 0 aromatic heterocycles. The number of hydrogen-bond acceptors (Lipinski definition) is 2. The van der Waals surface area contributed by atoms with Crippen LogP contribution >= 0.6 is 32.3 Å². The number of alkyl halides is 2. The average Bonchev–Trinajstić information content (AvgIpc) is 2.14. The van der Waals surface area contributed by atoms with Crippen LogP contribution in [0.3, 0.4) is 0 Å². The first-order valence-corrected chi connectivity index (χ1v) is 6.87. The SMILES string of the molecule is N#CC1(C2=NC=C(Cl)I=C2)CC(F)(F)C1. The Morgan fingerprint density at radius 2 is 2.20 bits per heavy atom. The summed E-state index contributed by atoms with van der Waals surface area (Å²) in [5, 5.41) is 8.96. The second-order valence-corrected chi connectivity index (χ2v) is 7.01. The Bertz CT molecular complexity index is 426. The molecular weight excluding hydrogens is 336 g/mol. The predicted octanol–water partition coefficient (Wildman–Crippen LogP) is 3.19. The fourth-order valence-corrected chi connectivity index (χ4v) is 3.63. The molecule has 0 radical (unpaired) electrons. The minimum absolute atomic E-state index is 0.416. The first-order chi connectivity index (χ1) is 6.97. The van der Waals surface area contributed by atoms with E-state index < -0.39 is 44.9 Å². The normalized spacial score (nSPS) is 26.5. The van der Waals surface area contributed by atoms with Gasteiger partial charge in [0.1, 0.15) is 5.41 Å². The van der Waals surface area contributed by atoms with Gasteiger partial charge >= 0.3 is 0 Å². The van der Waals surface area contributed by atoms with Crippen LogP contribution < -0.4 is 0 Å². The van der Waals surface area contributed by atoms with Crippen molar-refractivity contribution in [3.05, 3.63) is 9.24 Å². The highest BCUT2D eigenvalue weighted by molar-refractivity contribution is 14.2. The molecule has 2 nitrogen and oxygen atoms in total. The predicted molar refractivity (Wildman–Crippen MR) is 63.7 cm³/mol. The second-order valence-electron chi connectivity index (χ2n) is 3.55. The van der Waals surface area contributed by atoms with E-state index in [0.717, 1.165) is 0 Å². The second kappa shape index (κ2) is 3.59. The van der Waals surface area contributed by atoms with Gasteiger partial charge in [-0.2, -0.15) is 5.26 Å². The van der Waals surface area contributed by atoms with Crippen LogP contribution in [0.5, 0.6) is 0 Å². The largest absolute Gasteiger partial charge is 0.257 e. The lowest BCUT2D eigenvalue weighted by Gasteiger charge is -2.42. The van der Waals surface area contributed by atoms with Crippen molar-refractivity contribution in [2.24, 2.45) is 10.4 Å². The number of nitriles is 1. The van der Waals surface area contributed by atoms with Gasteiger partial charge in [0, 0.05) is 12.8 Å². The molecule has 80 valence electrons. The molecule has 0 amide bonds. The van der Waals surface area contributed by atoms with Crippen LogP contribution in [0.15, 0.2) is 14.2 Å². The van der Waals surface area contributed by atoms with Crippen molar-refractivity contribution in [3.63, 3.8) is 0 Å². The summed E-state index contributed by atoms with van der Waals surface area (Å²) < 4.78 is 28.0. The molecule has 0 aromatic carbocycles. The Morgan fingerprint density at radius 1 is 1.53 bits per heavy atom. The summed E-state index contributed by atoms with van der Waals surface area (Å²) in [4.78, 5) is 3.98. The summed E-state index contributed by atoms with van der Waals surface area (Å²) in [7, 11) is 0. The highest BCUT2D eigenvalue weighted by Gasteiger charge is 2.59. The third-order valence-electron chi connectivity index (χ3n) is 2.39. The topological polar surface area (TPSA) is 36.1 Å². The average molecular weight is 343 g/mol. The van der Waals surface area contributed by atoms with E-state index in [9.17, 15) is 8.78 Å². The van der Waals surface area contributed by atoms with Crippen molar-refractivity contribution >= 4 is 42.1 Å². The van der Waals surface area contributed by atoms with E-state index in [0.29, 0.717) is 8.75 Å². The molecule has 2 rings (SSSR count). The zero-order valence-corrected chi connectivity index (χ0v) is 10.4. The quantitative estimate of drug-likeness (QED) is 0.674. The zero-order chi connectivity index (χ0) is 11.1. The van der Waals surface area contributed by atoms with Crippen molar-refractivity contribution in [1.29, 1.82) is 5.26 Å². The molecule has 15 heavy (non-hydrogen) atoms. The summed E-state index contributed by atoms with van der Waals surface area (Å²) in [6.07, 6.45) is 0.641. The summed E-state index contributed by atoms with van der Waals surface area (Å²) in [6, 6.07) is 1.96. The molecule has 1 heterocycles. The molecule has 1 aliphatic carbocycles. The Balaban J connectivity index is 2.26. The van der Waals surface area contributed by atoms with E-state index in [1.165, 1.54) is 6.20 Å². The van der Waals surface area contributed by atoms with E-state index in [4.69, 9.17) is 16.9 Å². The fourth-order valence-electron chi connectivity index (χ4n) is 1.66. The molecule has 1 fully saturated rings. The number of halogens is 4. The van der Waals surface area contributed by atoms with Crippen molar-refractivity contribution in [3.8, 4) is 6.07 Å². The van der Waals surface area contributed by atoms with Gasteiger partial charge in [-0.1, -0.05) is 32.3 Å². The van der Waals surface area contributed by atoms with Crippen LogP contribution in [0.25, 0.3) is 0 Å². The van der Waals surface area contributed by atoms with Crippen molar-refractivity contribution in [1.82, 2.24) is 0 Å². The van der Waals surface area contributed by atoms with Gasteiger partial charge in [0.25, 0.3) is 5.92 Å². The van der Waals surface area contributed by atoms with Crippen LogP contribution in [-0.4, -0.2) is 15.6 Å². The Kier molecular flexibility index (Phi) is 2.67. The maximum absolute atomic E-state index is 12.8. The number of hydrogen-bond donors (Lipinski definition) is 0. The summed E-state index contributed by atoms with van der Waals surface area (Å²) in [5.41, 5.74) is -0.592. The monoisotopic (exact) mass is 342 g/mol. The maximum atomic E-state index is 12.8. The standard InChI is InChI=1S/C9H6ClF2IN2/c10-7-2-15-6(1-13-7)8(5-14)3-9(11,12)4-8/h1-2H,3-4H2. The third-order valence-corrected chi connectivity index (χ3v) is 4.81. The van der Waals surface area contributed by atoms with Gasteiger partial charge in [-0.05, 0) is 4.01 Å². The van der Waals surface area contributed by atoms with Crippen LogP contribution in [0.1, 0.15) is 12.8 Å². The molecule has 0 saturated heterocycles. The molecule has 6 heteroatoms. The van der Waals surface area contributed by atoms with E-state index in [1.807, 2.05) is 6.07 Å². The molecule has 0 spiro atoms. The van der Waals surface area contributed by atoms with Gasteiger partial charge in [0.05, 0.1) is 21.0 Å². The molecule has 1 saturated carbocycles. The molecule has 0 unspecified atom stereocenters. The van der Waals surface area contributed by atoms with Crippen molar-refractivity contribution in [2.45, 2.75) is 18.8 Å². The van der Waals surface area contributed by atoms with Gasteiger partial charge in [0.15, 0.2) is 0 Å². The van der Waals surface area contributed by atoms with Crippen LogP contribution in [-0.2, 0) is 0 Å². The summed E-state index contributed by atoms with van der Waals surface area (Å²) in [6.45, 7) is 0. The van der Waals surface area contributed by atoms with Gasteiger partial charge < -0.3 is 0 Å². The third kappa shape index (κ3) is 1.97. The van der Waals surface area contributed by atoms with Gasteiger partial charge in [-0.25, -0.2) is 8.78 Å².